The molecule has 1 amide bonds. The van der Waals surface area contributed by atoms with Crippen LogP contribution in [-0.2, 0) is 0 Å². The Hall–Kier alpha value is -3.80. The number of aliphatic hydroxyl groups is 1. The summed E-state index contributed by atoms with van der Waals surface area (Å²) in [7, 11) is 2.86. The van der Waals surface area contributed by atoms with E-state index in [9.17, 15) is 14.3 Å². The first kappa shape index (κ1) is 21.7. The van der Waals surface area contributed by atoms with Crippen molar-refractivity contribution < 1.29 is 23.4 Å². The third kappa shape index (κ3) is 3.23. The van der Waals surface area contributed by atoms with Gasteiger partial charge in [0.1, 0.15) is 11.2 Å². The molecule has 6 rings (SSSR count). The van der Waals surface area contributed by atoms with E-state index in [1.54, 1.807) is 0 Å². The van der Waals surface area contributed by atoms with Gasteiger partial charge in [0.05, 0.1) is 30.7 Å². The molecule has 4 heterocycles. The molecule has 2 fully saturated rings. The van der Waals surface area contributed by atoms with Crippen LogP contribution in [-0.4, -0.2) is 60.3 Å². The zero-order valence-electron chi connectivity index (χ0n) is 19.1. The Morgan fingerprint density at radius 2 is 1.97 bits per heavy atom. The summed E-state index contributed by atoms with van der Waals surface area (Å²) in [5.41, 5.74) is -0.517. The number of pyridine rings is 1. The first-order valence-corrected chi connectivity index (χ1v) is 11.3. The fourth-order valence-corrected chi connectivity index (χ4v) is 5.55. The largest absolute Gasteiger partial charge is 0.479 e. The summed E-state index contributed by atoms with van der Waals surface area (Å²) < 4.78 is 38.3. The molecule has 12 heteroatoms. The molecule has 0 radical (unpaired) electrons. The molecule has 0 aliphatic heterocycles. The van der Waals surface area contributed by atoms with Gasteiger partial charge >= 0.3 is 0 Å². The van der Waals surface area contributed by atoms with Gasteiger partial charge in [0, 0.05) is 24.3 Å². The van der Waals surface area contributed by atoms with Crippen LogP contribution in [0.15, 0.2) is 24.7 Å². The lowest BCUT2D eigenvalue weighted by Gasteiger charge is -2.27. The number of imidazole rings is 1. The van der Waals surface area contributed by atoms with Crippen LogP contribution in [0.3, 0.4) is 0 Å². The second kappa shape index (κ2) is 7.35. The van der Waals surface area contributed by atoms with Crippen molar-refractivity contribution in [3.8, 4) is 17.0 Å². The average molecular weight is 483 g/mol. The molecule has 2 bridgehead atoms. The normalized spacial score (nSPS) is 23.3. The van der Waals surface area contributed by atoms with Gasteiger partial charge in [0.25, 0.3) is 5.91 Å². The van der Waals surface area contributed by atoms with Crippen molar-refractivity contribution >= 4 is 23.0 Å². The van der Waals surface area contributed by atoms with Crippen LogP contribution in [0.2, 0.25) is 0 Å². The highest BCUT2D eigenvalue weighted by atomic mass is 19.1. The third-order valence-electron chi connectivity index (χ3n) is 7.24. The molecule has 2 aliphatic rings. The Bertz CT molecular complexity index is 1500. The van der Waals surface area contributed by atoms with Crippen molar-refractivity contribution in [1.82, 2.24) is 29.3 Å². The van der Waals surface area contributed by atoms with Gasteiger partial charge in [-0.15, -0.1) is 5.10 Å². The van der Waals surface area contributed by atoms with Gasteiger partial charge in [-0.3, -0.25) is 9.20 Å². The molecule has 4 aromatic rings. The maximum Gasteiger partial charge on any atom is 0.269 e. The first-order chi connectivity index (χ1) is 16.7. The van der Waals surface area contributed by atoms with Crippen molar-refractivity contribution in [1.29, 1.82) is 0 Å². The Balaban J connectivity index is 1.48. The van der Waals surface area contributed by atoms with Crippen molar-refractivity contribution in [3.63, 3.8) is 0 Å². The summed E-state index contributed by atoms with van der Waals surface area (Å²) in [5.74, 6) is -1.49. The lowest BCUT2D eigenvalue weighted by atomic mass is 9.93. The number of carbonyl (C=O) groups is 1. The zero-order chi connectivity index (χ0) is 24.5. The number of hydrogen-bond donors (Lipinski definition) is 3. The van der Waals surface area contributed by atoms with Crippen LogP contribution in [0.25, 0.3) is 22.3 Å². The van der Waals surface area contributed by atoms with Crippen LogP contribution in [0.1, 0.15) is 42.6 Å². The lowest BCUT2D eigenvalue weighted by molar-refractivity contribution is 0.0521. The molecule has 182 valence electrons. The van der Waals surface area contributed by atoms with Crippen LogP contribution in [0.5, 0.6) is 5.88 Å². The first-order valence-electron chi connectivity index (χ1n) is 11.3. The SMILES string of the molecule is CNC(=O)c1cnc2c(F)cc(-c3c(F)cn4nc(NC56CCC(O)(CC5)C6)nc(OC)c34)cn12. The zero-order valence-corrected chi connectivity index (χ0v) is 19.1. The molecule has 3 N–H and O–H groups in total. The van der Waals surface area contributed by atoms with Crippen molar-refractivity contribution in [2.24, 2.45) is 0 Å². The van der Waals surface area contributed by atoms with Crippen LogP contribution >= 0.6 is 0 Å². The van der Waals surface area contributed by atoms with Gasteiger partial charge in [-0.25, -0.2) is 18.3 Å². The number of nitrogens with one attached hydrogen (secondary N) is 2. The summed E-state index contributed by atoms with van der Waals surface area (Å²) in [6.07, 6.45) is 7.47. The quantitative estimate of drug-likeness (QED) is 0.399. The minimum atomic E-state index is -0.719. The molecule has 2 saturated carbocycles. The Morgan fingerprint density at radius 1 is 1.20 bits per heavy atom. The van der Waals surface area contributed by atoms with Crippen LogP contribution in [0.4, 0.5) is 14.7 Å². The number of methoxy groups -OCH3 is 1. The summed E-state index contributed by atoms with van der Waals surface area (Å²) >= 11 is 0. The number of amides is 1. The van der Waals surface area contributed by atoms with Gasteiger partial charge in [-0.2, -0.15) is 4.98 Å². The van der Waals surface area contributed by atoms with E-state index in [0.717, 1.165) is 18.9 Å². The van der Waals surface area contributed by atoms with E-state index >= 15 is 4.39 Å². The molecular formula is C23H23F2N7O3. The molecule has 0 saturated heterocycles. The Kier molecular flexibility index (Phi) is 4.56. The van der Waals surface area contributed by atoms with E-state index < -0.39 is 23.1 Å². The number of halogens is 2. The molecular weight excluding hydrogens is 460 g/mol. The molecule has 0 unspecified atom stereocenters. The van der Waals surface area contributed by atoms with Crippen LogP contribution < -0.4 is 15.4 Å². The number of nitrogens with zero attached hydrogens (tertiary/aromatic N) is 5. The highest BCUT2D eigenvalue weighted by Crippen LogP contribution is 2.51. The third-order valence-corrected chi connectivity index (χ3v) is 7.24. The van der Waals surface area contributed by atoms with Crippen molar-refractivity contribution in [2.45, 2.75) is 43.2 Å². The smallest absolute Gasteiger partial charge is 0.269 e. The average Bonchev–Trinajstić information content (AvgIpc) is 3.57. The number of anilines is 1. The van der Waals surface area contributed by atoms with Gasteiger partial charge in [0.15, 0.2) is 17.3 Å². The number of hydrogen-bond acceptors (Lipinski definition) is 7. The highest BCUT2D eigenvalue weighted by molar-refractivity contribution is 5.93. The van der Waals surface area contributed by atoms with E-state index in [-0.39, 0.29) is 45.4 Å². The molecule has 10 nitrogen and oxygen atoms in total. The summed E-state index contributed by atoms with van der Waals surface area (Å²) in [6, 6.07) is 1.15. The highest BCUT2D eigenvalue weighted by Gasteiger charge is 2.53. The second-order valence-corrected chi connectivity index (χ2v) is 9.39. The van der Waals surface area contributed by atoms with E-state index in [2.05, 4.69) is 25.7 Å². The fraction of sp³-hybridized carbons (Fsp3) is 0.391. The molecule has 2 aliphatic carbocycles. The molecule has 0 spiro atoms. The number of aromatic nitrogens is 5. The minimum absolute atomic E-state index is 0.0278. The molecule has 0 aromatic carbocycles. The number of carbonyl (C=O) groups excluding carboxylic acids is 1. The van der Waals surface area contributed by atoms with E-state index in [4.69, 9.17) is 4.74 Å². The lowest BCUT2D eigenvalue weighted by Crippen LogP contribution is -2.34. The van der Waals surface area contributed by atoms with Gasteiger partial charge in [-0.1, -0.05) is 0 Å². The summed E-state index contributed by atoms with van der Waals surface area (Å²) in [6.45, 7) is 0. The standard InChI is InChI=1S/C23H23F2N7O3/c1-26-19(33)15-8-27-18-13(24)7-12(9-31(15)18)16-14(25)10-32-17(16)20(35-2)28-21(30-32)29-22-3-5-23(34,11-22)6-4-22/h7-10,34H,3-6,11H2,1-2H3,(H,26,33)(H,29,30). The van der Waals surface area contributed by atoms with E-state index in [0.29, 0.717) is 19.3 Å². The predicted molar refractivity (Wildman–Crippen MR) is 121 cm³/mol. The molecule has 0 atom stereocenters. The second-order valence-electron chi connectivity index (χ2n) is 9.39. The maximum atomic E-state index is 15.3. The van der Waals surface area contributed by atoms with Crippen molar-refractivity contribution in [3.05, 3.63) is 42.0 Å². The maximum absolute atomic E-state index is 15.3. The van der Waals surface area contributed by atoms with Crippen LogP contribution in [0, 0.1) is 11.6 Å². The van der Waals surface area contributed by atoms with Gasteiger partial charge in [0.2, 0.25) is 11.8 Å². The van der Waals surface area contributed by atoms with E-state index in [1.807, 2.05) is 0 Å². The van der Waals surface area contributed by atoms with Gasteiger partial charge in [-0.05, 0) is 38.2 Å². The number of rotatable bonds is 5. The topological polar surface area (TPSA) is 118 Å². The minimum Gasteiger partial charge on any atom is -0.479 e. The number of ether oxygens (including phenoxy) is 1. The number of fused-ring (bicyclic) bond motifs is 4. The Morgan fingerprint density at radius 3 is 2.63 bits per heavy atom. The van der Waals surface area contributed by atoms with Gasteiger partial charge < -0.3 is 20.5 Å². The predicted octanol–water partition coefficient (Wildman–Crippen LogP) is 2.55. The summed E-state index contributed by atoms with van der Waals surface area (Å²) in [4.78, 5) is 20.6. The Labute approximate surface area is 197 Å². The fourth-order valence-electron chi connectivity index (χ4n) is 5.55. The monoisotopic (exact) mass is 483 g/mol. The molecule has 4 aromatic heterocycles. The van der Waals surface area contributed by atoms with E-state index in [1.165, 1.54) is 41.7 Å². The molecule has 35 heavy (non-hydrogen) atoms. The summed E-state index contributed by atoms with van der Waals surface area (Å²) in [5, 5.41) is 20.8. The van der Waals surface area contributed by atoms with Crippen molar-refractivity contribution in [2.75, 3.05) is 19.5 Å².